The van der Waals surface area contributed by atoms with Crippen molar-refractivity contribution < 1.29 is 31.5 Å². The number of carboxylic acid groups (broad SMARTS) is 1. The lowest BCUT2D eigenvalue weighted by Crippen LogP contribution is -2.42. The van der Waals surface area contributed by atoms with E-state index in [1.54, 1.807) is 0 Å². The van der Waals surface area contributed by atoms with Gasteiger partial charge in [0, 0.05) is 6.54 Å². The van der Waals surface area contributed by atoms with Gasteiger partial charge in [-0.2, -0.15) is 17.5 Å². The van der Waals surface area contributed by atoms with Gasteiger partial charge in [-0.25, -0.2) is 8.42 Å². The average molecular weight is 275 g/mol. The molecule has 1 rings (SSSR count). The van der Waals surface area contributed by atoms with Gasteiger partial charge in [0.05, 0.1) is 12.2 Å². The smallest absolute Gasteiger partial charge is 0.390 e. The normalized spacial score (nSPS) is 22.9. The molecule has 0 amide bonds. The fourth-order valence-electron chi connectivity index (χ4n) is 1.68. The van der Waals surface area contributed by atoms with Crippen LogP contribution in [0.4, 0.5) is 13.2 Å². The third kappa shape index (κ3) is 3.84. The van der Waals surface area contributed by atoms with Gasteiger partial charge in [-0.3, -0.25) is 4.79 Å². The third-order valence-electron chi connectivity index (χ3n) is 2.49. The van der Waals surface area contributed by atoms with E-state index < -0.39 is 40.4 Å². The summed E-state index contributed by atoms with van der Waals surface area (Å²) in [5, 5.41) is 8.75. The predicted molar refractivity (Wildman–Crippen MR) is 51.8 cm³/mol. The van der Waals surface area contributed by atoms with Gasteiger partial charge >= 0.3 is 12.1 Å². The van der Waals surface area contributed by atoms with Crippen LogP contribution in [0, 0.1) is 0 Å². The van der Waals surface area contributed by atoms with Crippen molar-refractivity contribution in [2.45, 2.75) is 31.5 Å². The van der Waals surface area contributed by atoms with Gasteiger partial charge in [0.15, 0.2) is 0 Å². The highest BCUT2D eigenvalue weighted by atomic mass is 32.2. The first kappa shape index (κ1) is 14.2. The number of halogens is 3. The van der Waals surface area contributed by atoms with E-state index >= 15 is 0 Å². The average Bonchev–Trinajstić information content (AvgIpc) is 2.62. The van der Waals surface area contributed by atoms with Crippen LogP contribution in [-0.2, 0) is 14.8 Å². The molecule has 0 aromatic heterocycles. The SMILES string of the molecule is O=C(O)C1CCCN1S(=O)(=O)CCC(F)(F)F. The highest BCUT2D eigenvalue weighted by Crippen LogP contribution is 2.25. The van der Waals surface area contributed by atoms with Crippen molar-refractivity contribution in [2.75, 3.05) is 12.3 Å². The summed E-state index contributed by atoms with van der Waals surface area (Å²) in [5.74, 6) is -2.42. The Balaban J connectivity index is 2.73. The van der Waals surface area contributed by atoms with Crippen molar-refractivity contribution in [3.63, 3.8) is 0 Å². The third-order valence-corrected chi connectivity index (χ3v) is 4.36. The quantitative estimate of drug-likeness (QED) is 0.824. The molecule has 0 aromatic carbocycles. The minimum absolute atomic E-state index is 0.0306. The summed E-state index contributed by atoms with van der Waals surface area (Å²) < 4.78 is 59.6. The van der Waals surface area contributed by atoms with Crippen LogP contribution in [-0.4, -0.2) is 48.3 Å². The summed E-state index contributed by atoms with van der Waals surface area (Å²) in [7, 11) is -4.15. The number of sulfonamides is 1. The van der Waals surface area contributed by atoms with Gasteiger partial charge in [0.2, 0.25) is 10.0 Å². The molecule has 0 radical (unpaired) electrons. The number of nitrogens with zero attached hydrogens (tertiary/aromatic N) is 1. The molecule has 0 bridgehead atoms. The van der Waals surface area contributed by atoms with E-state index in [9.17, 15) is 26.4 Å². The first-order chi connectivity index (χ1) is 7.63. The van der Waals surface area contributed by atoms with Crippen molar-refractivity contribution in [2.24, 2.45) is 0 Å². The molecule has 1 fully saturated rings. The van der Waals surface area contributed by atoms with E-state index in [-0.39, 0.29) is 13.0 Å². The molecule has 1 heterocycles. The van der Waals surface area contributed by atoms with E-state index in [0.717, 1.165) is 0 Å². The molecule has 1 atom stereocenters. The summed E-state index contributed by atoms with van der Waals surface area (Å²) in [5.41, 5.74) is 0. The van der Waals surface area contributed by atoms with Crippen molar-refractivity contribution in [3.8, 4) is 0 Å². The summed E-state index contributed by atoms with van der Waals surface area (Å²) in [6, 6.07) is -1.23. The van der Waals surface area contributed by atoms with E-state index in [4.69, 9.17) is 5.11 Å². The zero-order valence-electron chi connectivity index (χ0n) is 8.77. The molecule has 0 aliphatic carbocycles. The Bertz CT molecular complexity index is 392. The van der Waals surface area contributed by atoms with Gasteiger partial charge in [-0.05, 0) is 12.8 Å². The number of aliphatic carboxylic acids is 1. The van der Waals surface area contributed by atoms with Crippen LogP contribution in [0.15, 0.2) is 0 Å². The second-order valence-electron chi connectivity index (χ2n) is 3.79. The molecule has 0 aromatic rings. The molecule has 0 spiro atoms. The maximum Gasteiger partial charge on any atom is 0.390 e. The van der Waals surface area contributed by atoms with Crippen molar-refractivity contribution in [1.82, 2.24) is 4.31 Å². The zero-order valence-corrected chi connectivity index (χ0v) is 9.59. The minimum atomic E-state index is -4.56. The molecule has 9 heteroatoms. The molecule has 0 saturated carbocycles. The number of hydrogen-bond acceptors (Lipinski definition) is 3. The Hall–Kier alpha value is -0.830. The molecule has 5 nitrogen and oxygen atoms in total. The summed E-state index contributed by atoms with van der Waals surface area (Å²) in [4.78, 5) is 10.7. The molecule has 100 valence electrons. The Morgan fingerprint density at radius 2 is 2.00 bits per heavy atom. The minimum Gasteiger partial charge on any atom is -0.480 e. The molecule has 1 aliphatic heterocycles. The highest BCUT2D eigenvalue weighted by molar-refractivity contribution is 7.89. The largest absolute Gasteiger partial charge is 0.480 e. The van der Waals surface area contributed by atoms with Crippen LogP contribution in [0.1, 0.15) is 19.3 Å². The summed E-state index contributed by atoms with van der Waals surface area (Å²) >= 11 is 0. The number of carbonyl (C=O) groups is 1. The Kier molecular flexibility index (Phi) is 4.03. The summed E-state index contributed by atoms with van der Waals surface area (Å²) in [6.07, 6.45) is -5.54. The molecule has 1 N–H and O–H groups in total. The van der Waals surface area contributed by atoms with Crippen LogP contribution in [0.5, 0.6) is 0 Å². The fourth-order valence-corrected chi connectivity index (χ4v) is 3.40. The van der Waals surface area contributed by atoms with Crippen LogP contribution in [0.3, 0.4) is 0 Å². The van der Waals surface area contributed by atoms with Gasteiger partial charge in [0.25, 0.3) is 0 Å². The van der Waals surface area contributed by atoms with E-state index in [1.807, 2.05) is 0 Å². The molecule has 1 unspecified atom stereocenters. The molecular weight excluding hydrogens is 263 g/mol. The van der Waals surface area contributed by atoms with Crippen molar-refractivity contribution >= 4 is 16.0 Å². The molecular formula is C8H12F3NO4S. The number of carboxylic acids is 1. The van der Waals surface area contributed by atoms with Gasteiger partial charge in [-0.1, -0.05) is 0 Å². The highest BCUT2D eigenvalue weighted by Gasteiger charge is 2.40. The molecule has 17 heavy (non-hydrogen) atoms. The maximum absolute atomic E-state index is 11.9. The van der Waals surface area contributed by atoms with Crippen LogP contribution in [0.2, 0.25) is 0 Å². The first-order valence-corrected chi connectivity index (χ1v) is 6.53. The zero-order chi connectivity index (χ0) is 13.3. The predicted octanol–water partition coefficient (Wildman–Crippen LogP) is 0.818. The summed E-state index contributed by atoms with van der Waals surface area (Å²) in [6.45, 7) is -0.0306. The lowest BCUT2D eigenvalue weighted by molar-refractivity contribution is -0.140. The molecule has 1 aliphatic rings. The van der Waals surface area contributed by atoms with Crippen LogP contribution < -0.4 is 0 Å². The second-order valence-corrected chi connectivity index (χ2v) is 5.83. The van der Waals surface area contributed by atoms with Gasteiger partial charge in [-0.15, -0.1) is 0 Å². The van der Waals surface area contributed by atoms with Gasteiger partial charge in [0.1, 0.15) is 6.04 Å². The van der Waals surface area contributed by atoms with Crippen LogP contribution >= 0.6 is 0 Å². The topological polar surface area (TPSA) is 74.7 Å². The van der Waals surface area contributed by atoms with E-state index in [1.165, 1.54) is 0 Å². The monoisotopic (exact) mass is 275 g/mol. The number of rotatable bonds is 4. The maximum atomic E-state index is 11.9. The molecule has 1 saturated heterocycles. The number of hydrogen-bond donors (Lipinski definition) is 1. The lowest BCUT2D eigenvalue weighted by atomic mass is 10.2. The number of alkyl halides is 3. The van der Waals surface area contributed by atoms with E-state index in [0.29, 0.717) is 10.7 Å². The standard InChI is InChI=1S/C8H12F3NO4S/c9-8(10,11)3-5-17(15,16)12-4-1-2-6(12)7(13)14/h6H,1-5H2,(H,13,14). The lowest BCUT2D eigenvalue weighted by Gasteiger charge is -2.21. The van der Waals surface area contributed by atoms with Gasteiger partial charge < -0.3 is 5.11 Å². The fraction of sp³-hybridized carbons (Fsp3) is 0.875. The van der Waals surface area contributed by atoms with Crippen molar-refractivity contribution in [3.05, 3.63) is 0 Å². The van der Waals surface area contributed by atoms with E-state index in [2.05, 4.69) is 0 Å². The Morgan fingerprint density at radius 1 is 1.41 bits per heavy atom. The Labute approximate surface area is 96.3 Å². The second kappa shape index (κ2) is 4.81. The first-order valence-electron chi connectivity index (χ1n) is 4.92. The van der Waals surface area contributed by atoms with Crippen molar-refractivity contribution in [1.29, 1.82) is 0 Å². The van der Waals surface area contributed by atoms with Crippen LogP contribution in [0.25, 0.3) is 0 Å². The Morgan fingerprint density at radius 3 is 2.47 bits per heavy atom.